The Hall–Kier alpha value is -0.810. The summed E-state index contributed by atoms with van der Waals surface area (Å²) in [5.74, 6) is 0.444. The summed E-state index contributed by atoms with van der Waals surface area (Å²) in [6.07, 6.45) is 4.13. The zero-order chi connectivity index (χ0) is 12.9. The van der Waals surface area contributed by atoms with Gasteiger partial charge in [0.1, 0.15) is 11.3 Å². The molecule has 4 nitrogen and oxygen atoms in total. The average molecular weight is 313 g/mol. The molecule has 1 aliphatic carbocycles. The number of hydrogen-bond acceptors (Lipinski definition) is 2. The summed E-state index contributed by atoms with van der Waals surface area (Å²) in [5.41, 5.74) is 0.0958. The molecule has 2 aliphatic rings. The lowest BCUT2D eigenvalue weighted by molar-refractivity contribution is -0.0960. The van der Waals surface area contributed by atoms with Gasteiger partial charge in [0, 0.05) is 17.2 Å². The van der Waals surface area contributed by atoms with Crippen LogP contribution in [0.3, 0.4) is 0 Å². The number of aromatic nitrogens is 1. The summed E-state index contributed by atoms with van der Waals surface area (Å²) in [7, 11) is 0. The molecular weight excluding hydrogens is 296 g/mol. The first-order valence-electron chi connectivity index (χ1n) is 6.41. The number of halogens is 1. The maximum Gasteiger partial charge on any atom is 0.270 e. The first kappa shape index (κ1) is 12.2. The Kier molecular flexibility index (Phi) is 2.79. The smallest absolute Gasteiger partial charge is 0.270 e. The molecule has 98 valence electrons. The number of aliphatic hydroxyl groups is 1. The van der Waals surface area contributed by atoms with Gasteiger partial charge in [0.05, 0.1) is 13.1 Å². The Morgan fingerprint density at radius 1 is 1.56 bits per heavy atom. The molecule has 1 aromatic rings. The van der Waals surface area contributed by atoms with Crippen molar-refractivity contribution in [2.45, 2.75) is 31.9 Å². The summed E-state index contributed by atoms with van der Waals surface area (Å²) in [6, 6.07) is 1.85. The highest BCUT2D eigenvalue weighted by molar-refractivity contribution is 9.10. The van der Waals surface area contributed by atoms with Crippen LogP contribution in [0.1, 0.15) is 30.3 Å². The van der Waals surface area contributed by atoms with Crippen molar-refractivity contribution in [2.75, 3.05) is 13.1 Å². The van der Waals surface area contributed by atoms with Gasteiger partial charge in [-0.2, -0.15) is 0 Å². The highest BCUT2D eigenvalue weighted by atomic mass is 79.9. The summed E-state index contributed by atoms with van der Waals surface area (Å²) in [4.78, 5) is 14.1. The molecule has 0 radical (unpaired) electrons. The fourth-order valence-corrected chi connectivity index (χ4v) is 3.18. The first-order valence-corrected chi connectivity index (χ1v) is 7.20. The van der Waals surface area contributed by atoms with Crippen LogP contribution in [0.15, 0.2) is 16.7 Å². The van der Waals surface area contributed by atoms with Crippen LogP contribution in [0.4, 0.5) is 0 Å². The predicted molar refractivity (Wildman–Crippen MR) is 71.4 cm³/mol. The number of carbonyl (C=O) groups is 1. The van der Waals surface area contributed by atoms with E-state index in [1.807, 2.05) is 23.8 Å². The summed E-state index contributed by atoms with van der Waals surface area (Å²) in [6.45, 7) is 3.76. The number of nitrogens with zero attached hydrogens (tertiary/aromatic N) is 2. The average Bonchev–Trinajstić information content (AvgIpc) is 3.08. The SMILES string of the molecule is CCn1cc(Br)cc1C(=O)N1CC(O)(C2CC2)C1. The molecule has 1 saturated heterocycles. The third-order valence-electron chi connectivity index (χ3n) is 3.98. The van der Waals surface area contributed by atoms with Crippen LogP contribution in [-0.2, 0) is 6.54 Å². The number of rotatable bonds is 3. The lowest BCUT2D eigenvalue weighted by atomic mass is 9.88. The monoisotopic (exact) mass is 312 g/mol. The molecule has 0 spiro atoms. The van der Waals surface area contributed by atoms with Crippen molar-refractivity contribution in [1.82, 2.24) is 9.47 Å². The molecule has 0 unspecified atom stereocenters. The minimum atomic E-state index is -0.601. The number of hydrogen-bond donors (Lipinski definition) is 1. The van der Waals surface area contributed by atoms with E-state index in [1.54, 1.807) is 4.90 Å². The lowest BCUT2D eigenvalue weighted by Crippen LogP contribution is -2.64. The molecule has 1 aliphatic heterocycles. The summed E-state index contributed by atoms with van der Waals surface area (Å²) >= 11 is 3.40. The van der Waals surface area contributed by atoms with E-state index in [-0.39, 0.29) is 5.91 Å². The zero-order valence-corrected chi connectivity index (χ0v) is 12.0. The Labute approximate surface area is 115 Å². The van der Waals surface area contributed by atoms with Crippen LogP contribution >= 0.6 is 15.9 Å². The molecule has 1 saturated carbocycles. The third kappa shape index (κ3) is 1.89. The van der Waals surface area contributed by atoms with E-state index >= 15 is 0 Å². The molecule has 1 aromatic heterocycles. The van der Waals surface area contributed by atoms with Crippen molar-refractivity contribution < 1.29 is 9.90 Å². The zero-order valence-electron chi connectivity index (χ0n) is 10.4. The van der Waals surface area contributed by atoms with Crippen LogP contribution in [0.25, 0.3) is 0 Å². The fourth-order valence-electron chi connectivity index (χ4n) is 2.71. The largest absolute Gasteiger partial charge is 0.386 e. The Morgan fingerprint density at radius 3 is 2.78 bits per heavy atom. The van der Waals surface area contributed by atoms with Gasteiger partial charge < -0.3 is 14.6 Å². The fraction of sp³-hybridized carbons (Fsp3) is 0.615. The first-order chi connectivity index (χ1) is 8.53. The van der Waals surface area contributed by atoms with Crippen molar-refractivity contribution in [3.63, 3.8) is 0 Å². The molecule has 2 heterocycles. The number of amides is 1. The Bertz CT molecular complexity index is 487. The Morgan fingerprint density at radius 2 is 2.22 bits per heavy atom. The molecular formula is C13H17BrN2O2. The van der Waals surface area contributed by atoms with Crippen molar-refractivity contribution >= 4 is 21.8 Å². The van der Waals surface area contributed by atoms with Gasteiger partial charge >= 0.3 is 0 Å². The van der Waals surface area contributed by atoms with Gasteiger partial charge in [0.2, 0.25) is 0 Å². The molecule has 18 heavy (non-hydrogen) atoms. The van der Waals surface area contributed by atoms with Crippen molar-refractivity contribution in [3.05, 3.63) is 22.4 Å². The molecule has 3 rings (SSSR count). The van der Waals surface area contributed by atoms with Crippen LogP contribution < -0.4 is 0 Å². The molecule has 2 fully saturated rings. The van der Waals surface area contributed by atoms with E-state index < -0.39 is 5.60 Å². The molecule has 1 amide bonds. The normalized spacial score (nSPS) is 21.8. The second kappa shape index (κ2) is 4.10. The highest BCUT2D eigenvalue weighted by Gasteiger charge is 2.53. The second-order valence-corrected chi connectivity index (χ2v) is 6.28. The minimum absolute atomic E-state index is 0.0212. The van der Waals surface area contributed by atoms with Crippen molar-refractivity contribution in [3.8, 4) is 0 Å². The predicted octanol–water partition coefficient (Wildman–Crippen LogP) is 1.87. The third-order valence-corrected chi connectivity index (χ3v) is 4.41. The van der Waals surface area contributed by atoms with E-state index in [0.29, 0.717) is 24.7 Å². The van der Waals surface area contributed by atoms with Crippen LogP contribution in [0.5, 0.6) is 0 Å². The maximum atomic E-state index is 12.3. The van der Waals surface area contributed by atoms with Crippen molar-refractivity contribution in [1.29, 1.82) is 0 Å². The van der Waals surface area contributed by atoms with E-state index in [4.69, 9.17) is 0 Å². The van der Waals surface area contributed by atoms with Gasteiger partial charge in [-0.15, -0.1) is 0 Å². The number of aryl methyl sites for hydroxylation is 1. The lowest BCUT2D eigenvalue weighted by Gasteiger charge is -2.46. The van der Waals surface area contributed by atoms with Crippen LogP contribution in [0.2, 0.25) is 0 Å². The molecule has 0 aromatic carbocycles. The van der Waals surface area contributed by atoms with Crippen molar-refractivity contribution in [2.24, 2.45) is 5.92 Å². The molecule has 0 bridgehead atoms. The van der Waals surface area contributed by atoms with E-state index in [1.165, 1.54) is 0 Å². The standard InChI is InChI=1S/C13H17BrN2O2/c1-2-15-6-10(14)5-11(15)12(17)16-7-13(18,8-16)9-3-4-9/h5-6,9,18H,2-4,7-8H2,1H3. The minimum Gasteiger partial charge on any atom is -0.386 e. The molecule has 0 atom stereocenters. The van der Waals surface area contributed by atoms with Gasteiger partial charge in [-0.25, -0.2) is 0 Å². The number of carbonyl (C=O) groups excluding carboxylic acids is 1. The van der Waals surface area contributed by atoms with Gasteiger partial charge in [-0.3, -0.25) is 4.79 Å². The van der Waals surface area contributed by atoms with E-state index in [2.05, 4.69) is 15.9 Å². The summed E-state index contributed by atoms with van der Waals surface area (Å²) < 4.78 is 2.85. The van der Waals surface area contributed by atoms with Crippen LogP contribution in [0, 0.1) is 5.92 Å². The van der Waals surface area contributed by atoms with Gasteiger partial charge in [0.15, 0.2) is 0 Å². The quantitative estimate of drug-likeness (QED) is 0.926. The molecule has 5 heteroatoms. The van der Waals surface area contributed by atoms with Gasteiger partial charge in [0.25, 0.3) is 5.91 Å². The Balaban J connectivity index is 1.72. The van der Waals surface area contributed by atoms with E-state index in [0.717, 1.165) is 23.9 Å². The highest BCUT2D eigenvalue weighted by Crippen LogP contribution is 2.44. The van der Waals surface area contributed by atoms with Gasteiger partial charge in [-0.1, -0.05) is 0 Å². The second-order valence-electron chi connectivity index (χ2n) is 5.37. The topological polar surface area (TPSA) is 45.5 Å². The maximum absolute atomic E-state index is 12.3. The van der Waals surface area contributed by atoms with E-state index in [9.17, 15) is 9.90 Å². The number of likely N-dealkylation sites (tertiary alicyclic amines) is 1. The molecule has 1 N–H and O–H groups in total. The summed E-state index contributed by atoms with van der Waals surface area (Å²) in [5, 5.41) is 10.2. The van der Waals surface area contributed by atoms with Crippen LogP contribution in [-0.4, -0.2) is 39.2 Å². The van der Waals surface area contributed by atoms with Gasteiger partial charge in [-0.05, 0) is 47.7 Å². The number of β-amino-alcohol motifs (C(OH)–C–C–N with tert-alkyl or cyclic N) is 1.